The van der Waals surface area contributed by atoms with Crippen LogP contribution in [0, 0.1) is 31.1 Å². The zero-order valence-electron chi connectivity index (χ0n) is 22.5. The first-order valence-corrected chi connectivity index (χ1v) is 11.5. The summed E-state index contributed by atoms with van der Waals surface area (Å²) >= 11 is 0. The van der Waals surface area contributed by atoms with E-state index >= 15 is 0 Å². The number of nitrogens with zero attached hydrogens (tertiary/aromatic N) is 6. The molecule has 1 amide bonds. The molecule has 4 N–H and O–H groups in total. The van der Waals surface area contributed by atoms with Gasteiger partial charge in [0.2, 0.25) is 0 Å². The zero-order valence-corrected chi connectivity index (χ0v) is 25.7. The van der Waals surface area contributed by atoms with Gasteiger partial charge in [0, 0.05) is 87.4 Å². The fraction of sp³-hybridized carbons (Fsp3) is 0. The molecule has 0 bridgehead atoms. The van der Waals surface area contributed by atoms with Gasteiger partial charge < -0.3 is 16.2 Å². The van der Waals surface area contributed by atoms with Crippen molar-refractivity contribution in [1.29, 1.82) is 1.34 Å². The molecule has 200 valence electrons. The maximum Gasteiger partial charge on any atom is 0.356 e. The number of hydrogen-bond acceptors (Lipinski definition) is 9. The minimum Gasteiger partial charge on any atom is -0.476 e. The molecule has 41 heavy (non-hydrogen) atoms. The Labute approximate surface area is 262 Å². The normalized spacial score (nSPS) is 9.61. The number of hydrogen-bond donors (Lipinski definition) is 3. The first kappa shape index (κ1) is 30.8. The van der Waals surface area contributed by atoms with Crippen molar-refractivity contribution >= 4 is 53.4 Å². The fourth-order valence-electron chi connectivity index (χ4n) is 3.35. The van der Waals surface area contributed by atoms with Crippen molar-refractivity contribution in [3.05, 3.63) is 122 Å². The molecule has 2 aromatic carbocycles. The topological polar surface area (TPSA) is 170 Å². The first-order chi connectivity index (χ1) is 20.0. The van der Waals surface area contributed by atoms with Crippen molar-refractivity contribution in [3.63, 3.8) is 0 Å². The van der Waals surface area contributed by atoms with Crippen molar-refractivity contribution in [2.75, 3.05) is 11.1 Å². The number of nitrogens with two attached hydrogens (primary N) is 1. The van der Waals surface area contributed by atoms with Crippen LogP contribution in [-0.2, 0) is 0 Å². The molecule has 6 rings (SSSR count). The summed E-state index contributed by atoms with van der Waals surface area (Å²) in [7, 11) is 3.75. The van der Waals surface area contributed by atoms with Crippen LogP contribution in [0.4, 0.5) is 11.4 Å². The van der Waals surface area contributed by atoms with Gasteiger partial charge in [0.1, 0.15) is 5.69 Å². The van der Waals surface area contributed by atoms with Crippen molar-refractivity contribution in [2.24, 2.45) is 0 Å². The summed E-state index contributed by atoms with van der Waals surface area (Å²) < 4.78 is 5.25. The summed E-state index contributed by atoms with van der Waals surface area (Å²) in [5, 5.41) is 13.1. The quantitative estimate of drug-likeness (QED) is 0.179. The molecule has 0 spiro atoms. The summed E-state index contributed by atoms with van der Waals surface area (Å²) in [5.41, 5.74) is 8.97. The third-order valence-corrected chi connectivity index (χ3v) is 5.12. The minimum absolute atomic E-state index is 0. The number of aromatic carboxylic acids is 1. The Bertz CT molecular complexity index is 1710. The molecule has 0 fully saturated rings. The predicted molar refractivity (Wildman–Crippen MR) is 154 cm³/mol. The first-order valence-electron chi connectivity index (χ1n) is 12.1. The molecule has 13 heteroatoms. The number of carbonyl (C=O) groups excluding carboxylic acids is 1. The molecule has 11 nitrogen and oxygen atoms in total. The summed E-state index contributed by atoms with van der Waals surface area (Å²) in [6.45, 7) is 0. The summed E-state index contributed by atoms with van der Waals surface area (Å²) in [6, 6.07) is 19.1. The Morgan fingerprint density at radius 3 is 1.78 bits per heavy atom. The van der Waals surface area contributed by atoms with Gasteiger partial charge in [-0.15, -0.1) is 0 Å². The maximum absolute atomic E-state index is 12.0. The number of aromatic nitrogens is 6. The summed E-state index contributed by atoms with van der Waals surface area (Å²) in [5.74, 6) is -1.35. The van der Waals surface area contributed by atoms with Crippen molar-refractivity contribution in [1.82, 2.24) is 29.9 Å². The van der Waals surface area contributed by atoms with Crippen LogP contribution in [0.3, 0.4) is 0 Å². The number of benzene rings is 2. The second-order valence-electron chi connectivity index (χ2n) is 7.74. The number of carboxylic acid groups (broad SMARTS) is 1. The second kappa shape index (κ2) is 16.4. The van der Waals surface area contributed by atoms with Gasteiger partial charge in [-0.2, -0.15) is 0 Å². The number of nitrogen functional groups attached to an aromatic ring is 1. The van der Waals surface area contributed by atoms with Crippen LogP contribution < -0.4 is 11.1 Å². The Morgan fingerprint density at radius 1 is 0.707 bits per heavy atom. The number of carbonyl (C=O) groups is 2. The monoisotopic (exact) mass is 770 g/mol. The van der Waals surface area contributed by atoms with Gasteiger partial charge in [0.15, 0.2) is 5.69 Å². The molecular weight excluding hydrogens is 745 g/mol. The maximum atomic E-state index is 12.0. The number of pyridine rings is 2. The van der Waals surface area contributed by atoms with Crippen molar-refractivity contribution in [2.45, 2.75) is 0 Å². The standard InChI is InChI=1S/C14H10N4O.C9H8N2.C5H4N2O2.BH.U/c19-14(12-9-15-7-8-16-12)18-11-5-1-3-10-4-2-6-17-13(10)11;10-8-5-1-3-7-4-2-6-11-9(7)8;8-5(9)4-3-6-1-2-7-4;;/h1-9H,(H,18,19);1-6H,10H2;1-3H,(H,8,9);1H;/i;;;1T;. The molecule has 0 unspecified atom stereocenters. The van der Waals surface area contributed by atoms with Gasteiger partial charge in [0.25, 0.3) is 5.91 Å². The van der Waals surface area contributed by atoms with Crippen LogP contribution in [0.2, 0.25) is 0 Å². The Kier molecular flexibility index (Phi) is 12.3. The number of fused-ring (bicyclic) bond motifs is 2. The zero-order chi connectivity index (χ0) is 29.5. The molecule has 0 saturated carbocycles. The Hall–Kier alpha value is -4.72. The van der Waals surface area contributed by atoms with Gasteiger partial charge in [-0.1, -0.05) is 36.4 Å². The number of para-hydroxylation sites is 2. The van der Waals surface area contributed by atoms with Gasteiger partial charge in [-0.25, -0.2) is 14.8 Å². The van der Waals surface area contributed by atoms with Crippen LogP contribution in [0.25, 0.3) is 21.8 Å². The van der Waals surface area contributed by atoms with E-state index in [4.69, 9.17) is 12.2 Å². The smallest absolute Gasteiger partial charge is 0.356 e. The molecule has 0 aliphatic carbocycles. The van der Waals surface area contributed by atoms with E-state index in [9.17, 15) is 9.59 Å². The fourth-order valence-corrected chi connectivity index (χ4v) is 3.35. The largest absolute Gasteiger partial charge is 0.476 e. The average molecular weight is 770 g/mol. The average Bonchev–Trinajstić information content (AvgIpc) is 3.04. The third kappa shape index (κ3) is 9.17. The SMILES string of the molecule is Nc1cccc2cccnc12.O=C(Nc1cccc2cccnc12)c1cnccn1.O=C(O)c1cnccn1.[3H][B].[U]. The van der Waals surface area contributed by atoms with Crippen molar-refractivity contribution < 1.29 is 45.8 Å². The van der Waals surface area contributed by atoms with Gasteiger partial charge in [-0.05, 0) is 25.6 Å². The van der Waals surface area contributed by atoms with E-state index in [1.807, 2.05) is 60.7 Å². The molecule has 2 radical (unpaired) electrons. The van der Waals surface area contributed by atoms with Crippen LogP contribution in [0.1, 0.15) is 21.0 Å². The van der Waals surface area contributed by atoms with Crippen LogP contribution in [0.15, 0.2) is 110 Å². The third-order valence-electron chi connectivity index (χ3n) is 5.12. The summed E-state index contributed by atoms with van der Waals surface area (Å²) in [6.07, 6.45) is 11.8. The number of nitrogens with one attached hydrogen (secondary N) is 1. The van der Waals surface area contributed by atoms with Crippen molar-refractivity contribution in [3.8, 4) is 0 Å². The molecule has 0 atom stereocenters. The number of anilines is 2. The number of carboxylic acids is 1. The molecule has 4 heterocycles. The number of amides is 1. The molecular formula is C28H23BN8O3U. The van der Waals surface area contributed by atoms with E-state index in [-0.39, 0.29) is 48.4 Å². The van der Waals surface area contributed by atoms with Gasteiger partial charge >= 0.3 is 5.97 Å². The van der Waals surface area contributed by atoms with E-state index < -0.39 is 5.97 Å². The second-order valence-corrected chi connectivity index (χ2v) is 7.74. The predicted octanol–water partition coefficient (Wildman–Crippen LogP) is 3.62. The van der Waals surface area contributed by atoms with E-state index in [0.29, 0.717) is 5.69 Å². The van der Waals surface area contributed by atoms with Gasteiger partial charge in [-0.3, -0.25) is 24.7 Å². The van der Waals surface area contributed by atoms with E-state index in [2.05, 4.69) is 43.6 Å². The van der Waals surface area contributed by atoms with Crippen LogP contribution in [0.5, 0.6) is 0 Å². The van der Waals surface area contributed by atoms with Gasteiger partial charge in [0.05, 0.1) is 34.8 Å². The Morgan fingerprint density at radius 2 is 1.24 bits per heavy atom. The van der Waals surface area contributed by atoms with E-state index in [1.54, 1.807) is 12.4 Å². The van der Waals surface area contributed by atoms with Crippen LogP contribution >= 0.6 is 0 Å². The molecule has 4 aromatic heterocycles. The molecule has 0 saturated heterocycles. The summed E-state index contributed by atoms with van der Waals surface area (Å²) in [4.78, 5) is 45.5. The molecule has 6 aromatic rings. The number of rotatable bonds is 3. The van der Waals surface area contributed by atoms with E-state index in [1.165, 1.54) is 37.2 Å². The molecule has 0 aliphatic heterocycles. The minimum atomic E-state index is -1.05. The van der Waals surface area contributed by atoms with E-state index in [0.717, 1.165) is 27.5 Å². The van der Waals surface area contributed by atoms with Crippen LogP contribution in [-0.4, -0.2) is 56.6 Å². The molecule has 0 aliphatic rings. The Balaban J connectivity index is 0.000000229.